The number of thioether (sulfide) groups is 1. The van der Waals surface area contributed by atoms with E-state index in [-0.39, 0.29) is 11.5 Å². The van der Waals surface area contributed by atoms with E-state index in [0.29, 0.717) is 32.8 Å². The maximum absolute atomic E-state index is 13.3. The first-order chi connectivity index (χ1) is 14.0. The van der Waals surface area contributed by atoms with E-state index in [1.807, 2.05) is 19.1 Å². The van der Waals surface area contributed by atoms with Gasteiger partial charge in [0.2, 0.25) is 0 Å². The van der Waals surface area contributed by atoms with Gasteiger partial charge in [-0.05, 0) is 37.5 Å². The lowest BCUT2D eigenvalue weighted by Crippen LogP contribution is -2.31. The van der Waals surface area contributed by atoms with Crippen LogP contribution in [0.15, 0.2) is 34.1 Å². The van der Waals surface area contributed by atoms with Crippen LogP contribution in [0.1, 0.15) is 45.6 Å². The van der Waals surface area contributed by atoms with Crippen LogP contribution in [-0.2, 0) is 4.79 Å². The van der Waals surface area contributed by atoms with Crippen molar-refractivity contribution in [3.63, 3.8) is 0 Å². The lowest BCUT2D eigenvalue weighted by Gasteiger charge is -2.24. The molecule has 0 spiro atoms. The minimum Gasteiger partial charge on any atom is -0.356 e. The first kappa shape index (κ1) is 21.5. The third-order valence-corrected chi connectivity index (χ3v) is 6.01. The number of nitrogens with zero attached hydrogens (tertiary/aromatic N) is 4. The fraction of sp³-hybridized carbons (Fsp3) is 0.429. The number of carbonyl (C=O) groups is 1. The molecule has 8 heteroatoms. The number of thiocarbonyl (C=S) groups is 1. The Kier molecular flexibility index (Phi) is 7.08. The number of hydrogen-bond acceptors (Lipinski definition) is 6. The largest absolute Gasteiger partial charge is 0.356 e. The highest BCUT2D eigenvalue weighted by molar-refractivity contribution is 8.26. The molecule has 6 nitrogen and oxygen atoms in total. The highest BCUT2D eigenvalue weighted by Crippen LogP contribution is 2.33. The first-order valence-corrected chi connectivity index (χ1v) is 11.3. The van der Waals surface area contributed by atoms with Crippen molar-refractivity contribution in [2.45, 2.75) is 40.0 Å². The number of rotatable bonds is 8. The average Bonchev–Trinajstić information content (AvgIpc) is 2.97. The minimum atomic E-state index is -0.177. The molecule has 0 atom stereocenters. The summed E-state index contributed by atoms with van der Waals surface area (Å²) in [4.78, 5) is 35.2. The number of hydrogen-bond donors (Lipinski definition) is 0. The molecule has 0 aliphatic carbocycles. The van der Waals surface area contributed by atoms with E-state index in [4.69, 9.17) is 17.2 Å². The summed E-state index contributed by atoms with van der Waals surface area (Å²) in [6, 6.07) is 5.49. The third kappa shape index (κ3) is 4.38. The number of carbonyl (C=O) groups excluding carboxylic acids is 1. The van der Waals surface area contributed by atoms with Crippen molar-refractivity contribution >= 4 is 51.7 Å². The van der Waals surface area contributed by atoms with E-state index in [0.717, 1.165) is 32.4 Å². The van der Waals surface area contributed by atoms with Crippen LogP contribution in [0.5, 0.6) is 0 Å². The van der Waals surface area contributed by atoms with E-state index in [9.17, 15) is 9.59 Å². The molecule has 2 aromatic rings. The molecular weight excluding hydrogens is 404 g/mol. The molecule has 1 aliphatic heterocycles. The Morgan fingerprint density at radius 3 is 2.52 bits per heavy atom. The minimum absolute atomic E-state index is 0.136. The van der Waals surface area contributed by atoms with Crippen molar-refractivity contribution in [2.75, 3.05) is 24.5 Å². The van der Waals surface area contributed by atoms with Crippen molar-refractivity contribution in [3.05, 3.63) is 45.2 Å². The molecule has 154 valence electrons. The summed E-state index contributed by atoms with van der Waals surface area (Å²) in [6.45, 7) is 8.38. The van der Waals surface area contributed by atoms with Crippen LogP contribution in [0.4, 0.5) is 5.82 Å². The second kappa shape index (κ2) is 9.54. The summed E-state index contributed by atoms with van der Waals surface area (Å²) < 4.78 is 2.07. The molecule has 3 rings (SSSR count). The van der Waals surface area contributed by atoms with Crippen molar-refractivity contribution in [1.29, 1.82) is 0 Å². The standard InChI is InChI=1S/C21H26N4O2S2/c1-4-10-23(11-5-2)18-15(19(26)24-13-8-7-9-17(24)22-18)14-16-20(27)25(12-6-3)21(28)29-16/h7-9,13-14H,4-6,10-12H2,1-3H3/b16-14-. The van der Waals surface area contributed by atoms with Gasteiger partial charge >= 0.3 is 0 Å². The number of amides is 1. The van der Waals surface area contributed by atoms with Gasteiger partial charge in [-0.1, -0.05) is 50.8 Å². The summed E-state index contributed by atoms with van der Waals surface area (Å²) in [5.74, 6) is 0.494. The van der Waals surface area contributed by atoms with Gasteiger partial charge in [-0.15, -0.1) is 0 Å². The molecule has 29 heavy (non-hydrogen) atoms. The van der Waals surface area contributed by atoms with Crippen molar-refractivity contribution < 1.29 is 4.79 Å². The molecule has 1 fully saturated rings. The van der Waals surface area contributed by atoms with Crippen LogP contribution < -0.4 is 10.5 Å². The monoisotopic (exact) mass is 430 g/mol. The van der Waals surface area contributed by atoms with Gasteiger partial charge in [0.05, 0.1) is 10.5 Å². The van der Waals surface area contributed by atoms with E-state index in [2.05, 4.69) is 18.7 Å². The van der Waals surface area contributed by atoms with E-state index in [1.165, 1.54) is 16.2 Å². The Morgan fingerprint density at radius 1 is 1.14 bits per heavy atom. The Labute approximate surface area is 180 Å². The lowest BCUT2D eigenvalue weighted by molar-refractivity contribution is -0.122. The summed E-state index contributed by atoms with van der Waals surface area (Å²) >= 11 is 6.62. The Morgan fingerprint density at radius 2 is 1.86 bits per heavy atom. The zero-order chi connectivity index (χ0) is 21.0. The topological polar surface area (TPSA) is 57.9 Å². The quantitative estimate of drug-likeness (QED) is 0.467. The molecular formula is C21H26N4O2S2. The van der Waals surface area contributed by atoms with Crippen LogP contribution in [-0.4, -0.2) is 44.1 Å². The maximum atomic E-state index is 13.3. The van der Waals surface area contributed by atoms with Gasteiger partial charge < -0.3 is 4.90 Å². The second-order valence-electron chi connectivity index (χ2n) is 6.90. The zero-order valence-electron chi connectivity index (χ0n) is 17.1. The number of pyridine rings is 1. The van der Waals surface area contributed by atoms with Crippen LogP contribution in [0.2, 0.25) is 0 Å². The van der Waals surface area contributed by atoms with Gasteiger partial charge in [-0.2, -0.15) is 0 Å². The molecule has 0 saturated carbocycles. The second-order valence-corrected chi connectivity index (χ2v) is 8.58. The van der Waals surface area contributed by atoms with Gasteiger partial charge in [0.15, 0.2) is 0 Å². The molecule has 1 aliphatic rings. The fourth-order valence-electron chi connectivity index (χ4n) is 3.37. The van der Waals surface area contributed by atoms with Crippen molar-refractivity contribution in [3.8, 4) is 0 Å². The molecule has 0 unspecified atom stereocenters. The predicted octanol–water partition coefficient (Wildman–Crippen LogP) is 3.93. The van der Waals surface area contributed by atoms with Gasteiger partial charge in [0, 0.05) is 25.8 Å². The molecule has 1 saturated heterocycles. The number of anilines is 1. The molecule has 3 heterocycles. The van der Waals surface area contributed by atoms with Crippen LogP contribution in [0.3, 0.4) is 0 Å². The summed E-state index contributed by atoms with van der Waals surface area (Å²) in [5, 5.41) is 0. The smallest absolute Gasteiger partial charge is 0.267 e. The maximum Gasteiger partial charge on any atom is 0.267 e. The van der Waals surface area contributed by atoms with Gasteiger partial charge in [-0.3, -0.25) is 18.9 Å². The van der Waals surface area contributed by atoms with E-state index in [1.54, 1.807) is 23.2 Å². The molecule has 0 N–H and O–H groups in total. The Hall–Kier alpha value is -2.19. The van der Waals surface area contributed by atoms with Gasteiger partial charge in [0.25, 0.3) is 11.5 Å². The van der Waals surface area contributed by atoms with E-state index < -0.39 is 0 Å². The first-order valence-electron chi connectivity index (χ1n) is 10.0. The normalized spacial score (nSPS) is 15.7. The number of aromatic nitrogens is 2. The fourth-order valence-corrected chi connectivity index (χ4v) is 4.66. The predicted molar refractivity (Wildman–Crippen MR) is 124 cm³/mol. The van der Waals surface area contributed by atoms with E-state index >= 15 is 0 Å². The highest BCUT2D eigenvalue weighted by Gasteiger charge is 2.32. The molecule has 0 radical (unpaired) electrons. The summed E-state index contributed by atoms with van der Waals surface area (Å²) in [5.41, 5.74) is 0.858. The Bertz CT molecular complexity index is 1010. The highest BCUT2D eigenvalue weighted by atomic mass is 32.2. The lowest BCUT2D eigenvalue weighted by atomic mass is 10.2. The van der Waals surface area contributed by atoms with Crippen molar-refractivity contribution in [1.82, 2.24) is 14.3 Å². The Balaban J connectivity index is 2.18. The molecule has 0 bridgehead atoms. The number of fused-ring (bicyclic) bond motifs is 1. The SMILES string of the molecule is CCCN1C(=O)/C(=C/c2c(N(CCC)CCC)nc3ccccn3c2=O)SC1=S. The molecule has 0 aromatic carbocycles. The molecule has 1 amide bonds. The third-order valence-electron chi connectivity index (χ3n) is 4.63. The summed E-state index contributed by atoms with van der Waals surface area (Å²) in [6.07, 6.45) is 6.09. The van der Waals surface area contributed by atoms with Gasteiger partial charge in [0.1, 0.15) is 15.8 Å². The average molecular weight is 431 g/mol. The van der Waals surface area contributed by atoms with Gasteiger partial charge in [-0.25, -0.2) is 4.98 Å². The zero-order valence-corrected chi connectivity index (χ0v) is 18.7. The van der Waals surface area contributed by atoms with Crippen LogP contribution in [0.25, 0.3) is 11.7 Å². The van der Waals surface area contributed by atoms with Crippen LogP contribution >= 0.6 is 24.0 Å². The molecule has 2 aromatic heterocycles. The van der Waals surface area contributed by atoms with Crippen molar-refractivity contribution in [2.24, 2.45) is 0 Å². The van der Waals surface area contributed by atoms with Crippen LogP contribution in [0, 0.1) is 0 Å². The summed E-state index contributed by atoms with van der Waals surface area (Å²) in [7, 11) is 0.